The van der Waals surface area contributed by atoms with Gasteiger partial charge in [-0.15, -0.1) is 0 Å². The highest BCUT2D eigenvalue weighted by atomic mass is 19.1. The molecular weight excluding hydrogens is 365 g/mol. The Labute approximate surface area is 172 Å². The summed E-state index contributed by atoms with van der Waals surface area (Å²) >= 11 is 0. The zero-order valence-electron chi connectivity index (χ0n) is 17.1. The van der Waals surface area contributed by atoms with Crippen LogP contribution < -0.4 is 5.32 Å². The minimum absolute atomic E-state index is 0.0511. The largest absolute Gasteiger partial charge is 0.335 e. The molecule has 1 atom stereocenters. The summed E-state index contributed by atoms with van der Waals surface area (Å²) in [4.78, 5) is 17.4. The normalized spacial score (nSPS) is 19.0. The highest BCUT2D eigenvalue weighted by Crippen LogP contribution is 2.35. The van der Waals surface area contributed by atoms with Crippen LogP contribution in [0.3, 0.4) is 0 Å². The van der Waals surface area contributed by atoms with Gasteiger partial charge in [-0.05, 0) is 44.2 Å². The Hall–Kier alpha value is -2.40. The van der Waals surface area contributed by atoms with E-state index in [4.69, 9.17) is 0 Å². The molecule has 2 aromatic rings. The van der Waals surface area contributed by atoms with Crippen molar-refractivity contribution in [3.05, 3.63) is 71.5 Å². The van der Waals surface area contributed by atoms with Gasteiger partial charge in [0.25, 0.3) is 0 Å². The molecule has 154 valence electrons. The van der Waals surface area contributed by atoms with Crippen molar-refractivity contribution in [2.24, 2.45) is 0 Å². The van der Waals surface area contributed by atoms with E-state index in [0.717, 1.165) is 45.3 Å². The molecule has 2 aromatic carbocycles. The number of nitrogens with one attached hydrogen (secondary N) is 1. The number of amides is 2. The molecule has 1 saturated heterocycles. The molecule has 2 aliphatic rings. The minimum Gasteiger partial charge on any atom is -0.335 e. The Morgan fingerprint density at radius 2 is 1.72 bits per heavy atom. The number of carbonyl (C=O) groups is 1. The first-order valence-corrected chi connectivity index (χ1v) is 10.7. The number of benzene rings is 2. The second kappa shape index (κ2) is 8.95. The van der Waals surface area contributed by atoms with Gasteiger partial charge >= 0.3 is 6.03 Å². The molecule has 1 heterocycles. The van der Waals surface area contributed by atoms with Crippen LogP contribution in [0.4, 0.5) is 9.18 Å². The molecule has 2 fully saturated rings. The van der Waals surface area contributed by atoms with Crippen LogP contribution in [0.1, 0.15) is 49.8 Å². The van der Waals surface area contributed by atoms with Crippen molar-refractivity contribution in [1.82, 2.24) is 15.1 Å². The van der Waals surface area contributed by atoms with E-state index in [1.54, 1.807) is 12.1 Å². The highest BCUT2D eigenvalue weighted by Gasteiger charge is 2.38. The third kappa shape index (κ3) is 4.96. The summed E-state index contributed by atoms with van der Waals surface area (Å²) < 4.78 is 14.3. The zero-order chi connectivity index (χ0) is 20.2. The Morgan fingerprint density at radius 1 is 1.07 bits per heavy atom. The number of halogens is 1. The molecule has 2 amide bonds. The summed E-state index contributed by atoms with van der Waals surface area (Å²) in [5, 5.41) is 3.23. The monoisotopic (exact) mass is 395 g/mol. The first kappa shape index (κ1) is 19.9. The van der Waals surface area contributed by atoms with Crippen molar-refractivity contribution in [1.29, 1.82) is 0 Å². The van der Waals surface area contributed by atoms with Gasteiger partial charge in [0, 0.05) is 37.3 Å². The van der Waals surface area contributed by atoms with E-state index in [1.165, 1.54) is 11.6 Å². The summed E-state index contributed by atoms with van der Waals surface area (Å²) in [6.07, 6.45) is 3.90. The van der Waals surface area contributed by atoms with E-state index in [9.17, 15) is 9.18 Å². The highest BCUT2D eigenvalue weighted by molar-refractivity contribution is 5.76. The number of hydrogen-bond acceptors (Lipinski definition) is 2. The van der Waals surface area contributed by atoms with Crippen molar-refractivity contribution in [2.45, 2.75) is 57.3 Å². The van der Waals surface area contributed by atoms with Gasteiger partial charge in [-0.1, -0.05) is 48.5 Å². The molecule has 4 rings (SSSR count). The lowest BCUT2D eigenvalue weighted by Gasteiger charge is -2.35. The van der Waals surface area contributed by atoms with Gasteiger partial charge in [-0.3, -0.25) is 4.90 Å². The van der Waals surface area contributed by atoms with E-state index >= 15 is 0 Å². The van der Waals surface area contributed by atoms with Crippen LogP contribution in [0.2, 0.25) is 0 Å². The van der Waals surface area contributed by atoms with Gasteiger partial charge in [0.05, 0.1) is 6.04 Å². The van der Waals surface area contributed by atoms with Crippen LogP contribution in [-0.4, -0.2) is 41.0 Å². The van der Waals surface area contributed by atoms with Crippen LogP contribution in [0, 0.1) is 5.82 Å². The van der Waals surface area contributed by atoms with Crippen LogP contribution in [0.15, 0.2) is 54.6 Å². The maximum atomic E-state index is 14.3. The Morgan fingerprint density at radius 3 is 2.38 bits per heavy atom. The van der Waals surface area contributed by atoms with E-state index in [2.05, 4.69) is 34.5 Å². The first-order valence-electron chi connectivity index (χ1n) is 10.7. The number of likely N-dealkylation sites (tertiary alicyclic amines) is 1. The van der Waals surface area contributed by atoms with E-state index in [0.29, 0.717) is 5.56 Å². The number of piperidine rings is 1. The number of urea groups is 1. The van der Waals surface area contributed by atoms with Crippen molar-refractivity contribution in [3.8, 4) is 0 Å². The van der Waals surface area contributed by atoms with Crippen molar-refractivity contribution in [3.63, 3.8) is 0 Å². The lowest BCUT2D eigenvalue weighted by atomic mass is 10.0. The molecule has 1 N–H and O–H groups in total. The van der Waals surface area contributed by atoms with Gasteiger partial charge in [0.1, 0.15) is 5.82 Å². The van der Waals surface area contributed by atoms with Gasteiger partial charge < -0.3 is 10.2 Å². The fraction of sp³-hybridized carbons (Fsp3) is 0.458. The van der Waals surface area contributed by atoms with Crippen molar-refractivity contribution in [2.75, 3.05) is 13.1 Å². The molecule has 1 aliphatic carbocycles. The molecule has 0 radical (unpaired) electrons. The van der Waals surface area contributed by atoms with Gasteiger partial charge in [-0.25, -0.2) is 9.18 Å². The maximum absolute atomic E-state index is 14.3. The Bertz CT molecular complexity index is 816. The Balaban J connectivity index is 1.33. The van der Waals surface area contributed by atoms with E-state index < -0.39 is 0 Å². The number of hydrogen-bond donors (Lipinski definition) is 1. The van der Waals surface area contributed by atoms with Gasteiger partial charge in [0.15, 0.2) is 0 Å². The molecule has 0 aromatic heterocycles. The van der Waals surface area contributed by atoms with Crippen LogP contribution in [-0.2, 0) is 6.54 Å². The van der Waals surface area contributed by atoms with Crippen LogP contribution in [0.25, 0.3) is 0 Å². The molecule has 4 nitrogen and oxygen atoms in total. The van der Waals surface area contributed by atoms with E-state index in [1.807, 2.05) is 24.0 Å². The second-order valence-electron chi connectivity index (χ2n) is 8.32. The maximum Gasteiger partial charge on any atom is 0.318 e. The number of nitrogens with zero attached hydrogens (tertiary/aromatic N) is 2. The zero-order valence-corrected chi connectivity index (χ0v) is 17.1. The van der Waals surface area contributed by atoms with E-state index in [-0.39, 0.29) is 30.0 Å². The third-order valence-electron chi connectivity index (χ3n) is 6.11. The summed E-state index contributed by atoms with van der Waals surface area (Å²) in [5.74, 6) is -0.243. The predicted octanol–water partition coefficient (Wildman–Crippen LogP) is 4.73. The summed E-state index contributed by atoms with van der Waals surface area (Å²) in [6.45, 7) is 4.84. The third-order valence-corrected chi connectivity index (χ3v) is 6.11. The van der Waals surface area contributed by atoms with Gasteiger partial charge in [-0.2, -0.15) is 0 Å². The Kier molecular flexibility index (Phi) is 6.14. The minimum atomic E-state index is -0.262. The summed E-state index contributed by atoms with van der Waals surface area (Å²) in [5.41, 5.74) is 1.92. The quantitative estimate of drug-likeness (QED) is 0.768. The summed E-state index contributed by atoms with van der Waals surface area (Å²) in [6, 6.07) is 17.4. The molecule has 0 bridgehead atoms. The predicted molar refractivity (Wildman–Crippen MR) is 113 cm³/mol. The second-order valence-corrected chi connectivity index (χ2v) is 8.32. The van der Waals surface area contributed by atoms with Crippen LogP contribution >= 0.6 is 0 Å². The van der Waals surface area contributed by atoms with Gasteiger partial charge in [0.2, 0.25) is 0 Å². The first-order chi connectivity index (χ1) is 14.1. The molecule has 0 spiro atoms. The summed E-state index contributed by atoms with van der Waals surface area (Å²) in [7, 11) is 0. The molecular formula is C24H30FN3O. The fourth-order valence-electron chi connectivity index (χ4n) is 4.30. The number of rotatable bonds is 6. The molecule has 1 unspecified atom stereocenters. The SMILES string of the molecule is CC(c1ccccc1F)N(C(=O)NC1CCN(Cc2ccccc2)CC1)C1CC1. The fourth-order valence-corrected chi connectivity index (χ4v) is 4.30. The average molecular weight is 396 g/mol. The molecule has 1 saturated carbocycles. The standard InChI is InChI=1S/C24H30FN3O/c1-18(22-9-5-6-10-23(22)25)28(21-11-12-21)24(29)26-20-13-15-27(16-14-20)17-19-7-3-2-4-8-19/h2-10,18,20-21H,11-17H2,1H3,(H,26,29). The molecule has 29 heavy (non-hydrogen) atoms. The lowest BCUT2D eigenvalue weighted by Crippen LogP contribution is -2.50. The molecule has 1 aliphatic heterocycles. The van der Waals surface area contributed by atoms with Crippen molar-refractivity contribution >= 4 is 6.03 Å². The average Bonchev–Trinajstić information content (AvgIpc) is 3.56. The lowest BCUT2D eigenvalue weighted by molar-refractivity contribution is 0.154. The number of carbonyl (C=O) groups excluding carboxylic acids is 1. The van der Waals surface area contributed by atoms with Crippen LogP contribution in [0.5, 0.6) is 0 Å². The van der Waals surface area contributed by atoms with Crippen molar-refractivity contribution < 1.29 is 9.18 Å². The molecule has 5 heteroatoms. The smallest absolute Gasteiger partial charge is 0.318 e. The topological polar surface area (TPSA) is 35.6 Å².